The molecule has 0 spiro atoms. The fourth-order valence-electron chi connectivity index (χ4n) is 2.41. The van der Waals surface area contributed by atoms with Crippen LogP contribution >= 0.6 is 11.8 Å². The molecule has 1 unspecified atom stereocenters. The van der Waals surface area contributed by atoms with Gasteiger partial charge in [-0.3, -0.25) is 4.79 Å². The van der Waals surface area contributed by atoms with E-state index in [2.05, 4.69) is 0 Å². The minimum atomic E-state index is -0.490. The van der Waals surface area contributed by atoms with Crippen LogP contribution in [0.3, 0.4) is 0 Å². The predicted molar refractivity (Wildman–Crippen MR) is 76.6 cm³/mol. The first kappa shape index (κ1) is 15.0. The summed E-state index contributed by atoms with van der Waals surface area (Å²) in [4.78, 5) is 25.8. The maximum atomic E-state index is 12.5. The van der Waals surface area contributed by atoms with Crippen LogP contribution in [-0.4, -0.2) is 42.7 Å². The number of furan rings is 1. The average molecular weight is 297 g/mol. The number of nitrogens with zero attached hydrogens (tertiary/aromatic N) is 1. The number of thioether (sulfide) groups is 1. The van der Waals surface area contributed by atoms with E-state index in [0.29, 0.717) is 18.7 Å². The first-order valence-electron chi connectivity index (χ1n) is 6.63. The number of piperidine rings is 1. The lowest BCUT2D eigenvalue weighted by atomic mass is 10.0. The van der Waals surface area contributed by atoms with Crippen molar-refractivity contribution in [2.75, 3.05) is 19.9 Å². The zero-order valence-corrected chi connectivity index (χ0v) is 12.6. The van der Waals surface area contributed by atoms with Crippen LogP contribution in [0, 0.1) is 0 Å². The highest BCUT2D eigenvalue weighted by Crippen LogP contribution is 2.22. The molecule has 1 aliphatic heterocycles. The van der Waals surface area contributed by atoms with Gasteiger partial charge in [0.1, 0.15) is 11.8 Å². The highest BCUT2D eigenvalue weighted by molar-refractivity contribution is 7.97. The Labute approximate surface area is 122 Å². The molecule has 0 bridgehead atoms. The minimum Gasteiger partial charge on any atom is -0.467 e. The van der Waals surface area contributed by atoms with Crippen molar-refractivity contribution in [1.29, 1.82) is 0 Å². The molecule has 0 aliphatic carbocycles. The van der Waals surface area contributed by atoms with Crippen molar-refractivity contribution >= 4 is 23.6 Å². The van der Waals surface area contributed by atoms with Crippen molar-refractivity contribution in [3.8, 4) is 0 Å². The molecule has 110 valence electrons. The molecule has 0 radical (unpaired) electrons. The van der Waals surface area contributed by atoms with Gasteiger partial charge in [0.25, 0.3) is 5.91 Å². The van der Waals surface area contributed by atoms with Crippen LogP contribution in [0.2, 0.25) is 0 Å². The molecular weight excluding hydrogens is 278 g/mol. The van der Waals surface area contributed by atoms with Gasteiger partial charge in [0.15, 0.2) is 5.76 Å². The molecule has 1 aliphatic rings. The Morgan fingerprint density at radius 1 is 1.45 bits per heavy atom. The lowest BCUT2D eigenvalue weighted by Gasteiger charge is -2.33. The Bertz CT molecular complexity index is 485. The van der Waals surface area contributed by atoms with Crippen molar-refractivity contribution in [2.45, 2.75) is 31.1 Å². The van der Waals surface area contributed by atoms with E-state index in [1.54, 1.807) is 28.8 Å². The van der Waals surface area contributed by atoms with Gasteiger partial charge >= 0.3 is 5.97 Å². The van der Waals surface area contributed by atoms with Gasteiger partial charge in [-0.15, -0.1) is 0 Å². The minimum absolute atomic E-state index is 0.229. The number of rotatable bonds is 4. The van der Waals surface area contributed by atoms with Crippen molar-refractivity contribution in [3.05, 3.63) is 23.7 Å². The number of hydrogen-bond acceptors (Lipinski definition) is 5. The fraction of sp³-hybridized carbons (Fsp3) is 0.571. The molecule has 6 heteroatoms. The number of ether oxygens (including phenoxy) is 1. The molecule has 1 atom stereocenters. The zero-order valence-electron chi connectivity index (χ0n) is 11.8. The number of methoxy groups -OCH3 is 1. The molecule has 5 nitrogen and oxygen atoms in total. The molecule has 0 aromatic carbocycles. The number of amides is 1. The summed E-state index contributed by atoms with van der Waals surface area (Å²) in [7, 11) is 1.35. The van der Waals surface area contributed by atoms with Gasteiger partial charge < -0.3 is 14.1 Å². The van der Waals surface area contributed by atoms with Crippen LogP contribution in [0.5, 0.6) is 0 Å². The number of likely N-dealkylation sites (tertiary alicyclic amines) is 1. The predicted octanol–water partition coefficient (Wildman–Crippen LogP) is 2.31. The molecule has 2 heterocycles. The molecular formula is C14H19NO4S. The summed E-state index contributed by atoms with van der Waals surface area (Å²) in [6, 6.07) is 2.99. The van der Waals surface area contributed by atoms with Gasteiger partial charge in [0.2, 0.25) is 0 Å². The fourth-order valence-corrected chi connectivity index (χ4v) is 2.85. The standard InChI is InChI=1S/C14H19NO4S/c1-18-14(17)11-5-3-4-8-15(11)13(16)12-7-6-10(19-12)9-20-2/h6-7,11H,3-5,8-9H2,1-2H3. The monoisotopic (exact) mass is 297 g/mol. The van der Waals surface area contributed by atoms with Gasteiger partial charge in [-0.1, -0.05) is 0 Å². The summed E-state index contributed by atoms with van der Waals surface area (Å²) in [5, 5.41) is 0. The molecule has 1 aromatic rings. The lowest BCUT2D eigenvalue weighted by Crippen LogP contribution is -2.48. The Hall–Kier alpha value is -1.43. The van der Waals surface area contributed by atoms with Crippen LogP contribution in [0.4, 0.5) is 0 Å². The van der Waals surface area contributed by atoms with Crippen LogP contribution in [-0.2, 0) is 15.3 Å². The summed E-state index contributed by atoms with van der Waals surface area (Å²) in [6.07, 6.45) is 4.45. The number of carbonyl (C=O) groups excluding carboxylic acids is 2. The second-order valence-electron chi connectivity index (χ2n) is 4.73. The van der Waals surface area contributed by atoms with Gasteiger partial charge in [-0.2, -0.15) is 11.8 Å². The van der Waals surface area contributed by atoms with E-state index in [1.807, 2.05) is 6.26 Å². The van der Waals surface area contributed by atoms with E-state index in [9.17, 15) is 9.59 Å². The molecule has 1 aromatic heterocycles. The maximum absolute atomic E-state index is 12.5. The second-order valence-corrected chi connectivity index (χ2v) is 5.60. The largest absolute Gasteiger partial charge is 0.467 e. The molecule has 1 fully saturated rings. The van der Waals surface area contributed by atoms with E-state index in [-0.39, 0.29) is 11.9 Å². The SMILES string of the molecule is COC(=O)C1CCCCN1C(=O)c1ccc(CSC)o1. The van der Waals surface area contributed by atoms with Crippen LogP contribution in [0.1, 0.15) is 35.6 Å². The first-order chi connectivity index (χ1) is 9.67. The zero-order chi connectivity index (χ0) is 14.5. The third-order valence-corrected chi connectivity index (χ3v) is 3.97. The molecule has 0 saturated carbocycles. The quantitative estimate of drug-likeness (QED) is 0.798. The van der Waals surface area contributed by atoms with Crippen LogP contribution in [0.15, 0.2) is 16.5 Å². The molecule has 1 amide bonds. The normalized spacial score (nSPS) is 18.9. The van der Waals surface area contributed by atoms with Crippen molar-refractivity contribution < 1.29 is 18.7 Å². The van der Waals surface area contributed by atoms with Crippen LogP contribution in [0.25, 0.3) is 0 Å². The Morgan fingerprint density at radius 2 is 2.25 bits per heavy atom. The van der Waals surface area contributed by atoms with Crippen LogP contribution < -0.4 is 0 Å². The highest BCUT2D eigenvalue weighted by atomic mass is 32.2. The first-order valence-corrected chi connectivity index (χ1v) is 8.03. The summed E-state index contributed by atoms with van der Waals surface area (Å²) in [5.41, 5.74) is 0. The summed E-state index contributed by atoms with van der Waals surface area (Å²) in [5.74, 6) is 1.21. The van der Waals surface area contributed by atoms with Gasteiger partial charge in [0, 0.05) is 6.54 Å². The highest BCUT2D eigenvalue weighted by Gasteiger charge is 2.34. The summed E-state index contributed by atoms with van der Waals surface area (Å²) < 4.78 is 10.3. The van der Waals surface area contributed by atoms with Crippen molar-refractivity contribution in [2.24, 2.45) is 0 Å². The van der Waals surface area contributed by atoms with Crippen molar-refractivity contribution in [3.63, 3.8) is 0 Å². The summed E-state index contributed by atoms with van der Waals surface area (Å²) in [6.45, 7) is 0.567. The Kier molecular flexibility index (Phi) is 5.11. The topological polar surface area (TPSA) is 59.8 Å². The van der Waals surface area contributed by atoms with E-state index in [0.717, 1.165) is 24.4 Å². The third-order valence-electron chi connectivity index (χ3n) is 3.40. The van der Waals surface area contributed by atoms with Gasteiger partial charge in [-0.25, -0.2) is 4.79 Å². The third kappa shape index (κ3) is 3.17. The van der Waals surface area contributed by atoms with E-state index in [1.165, 1.54) is 7.11 Å². The smallest absolute Gasteiger partial charge is 0.328 e. The van der Waals surface area contributed by atoms with Gasteiger partial charge in [0.05, 0.1) is 12.9 Å². The number of hydrogen-bond donors (Lipinski definition) is 0. The number of carbonyl (C=O) groups is 2. The Balaban J connectivity index is 2.14. The van der Waals surface area contributed by atoms with Crippen molar-refractivity contribution in [1.82, 2.24) is 4.90 Å². The summed E-state index contributed by atoms with van der Waals surface area (Å²) >= 11 is 1.63. The van der Waals surface area contributed by atoms with E-state index in [4.69, 9.17) is 9.15 Å². The number of esters is 1. The average Bonchev–Trinajstić information content (AvgIpc) is 2.94. The molecule has 0 N–H and O–H groups in total. The lowest BCUT2D eigenvalue weighted by molar-refractivity contribution is -0.147. The molecule has 20 heavy (non-hydrogen) atoms. The van der Waals surface area contributed by atoms with E-state index >= 15 is 0 Å². The molecule has 1 saturated heterocycles. The van der Waals surface area contributed by atoms with Gasteiger partial charge in [-0.05, 0) is 37.7 Å². The van der Waals surface area contributed by atoms with E-state index < -0.39 is 6.04 Å². The maximum Gasteiger partial charge on any atom is 0.328 e. The second kappa shape index (κ2) is 6.83. The Morgan fingerprint density at radius 3 is 2.95 bits per heavy atom. The molecule has 2 rings (SSSR count).